The fourth-order valence-electron chi connectivity index (χ4n) is 17.1. The topological polar surface area (TPSA) is 885 Å². The van der Waals surface area contributed by atoms with E-state index in [9.17, 15) is 161 Å². The lowest BCUT2D eigenvalue weighted by molar-refractivity contribution is -0.406. The molecular weight excluding hydrogens is 1800 g/mol. The first-order chi connectivity index (χ1) is 62.4. The number of aliphatic hydroxyl groups is 25. The van der Waals surface area contributed by atoms with Crippen LogP contribution in [-0.2, 0) is 124 Å². The minimum atomic E-state index is -2.78. The van der Waals surface area contributed by atoms with Crippen molar-refractivity contribution in [1.82, 2.24) is 37.2 Å². The molecule has 10 aliphatic heterocycles. The number of carbonyl (C=O) groups is 7. The Morgan fingerprint density at radius 2 is 0.417 bits per heavy atom. The van der Waals surface area contributed by atoms with E-state index >= 15 is 0 Å². The average molecular weight is 1930 g/mol. The Balaban J connectivity index is 1.14. The molecule has 0 aromatic heterocycles. The second-order valence-electron chi connectivity index (χ2n) is 33.2. The molecule has 0 spiro atoms. The largest absolute Gasteiger partial charge is 0.394 e. The molecule has 58 heteroatoms. The van der Waals surface area contributed by atoms with E-state index in [0.717, 1.165) is 48.5 Å². The third-order valence-corrected chi connectivity index (χ3v) is 23.7. The van der Waals surface area contributed by atoms with E-state index in [1.165, 1.54) is 0 Å². The smallest absolute Gasteiger partial charge is 0.217 e. The van der Waals surface area contributed by atoms with Gasteiger partial charge in [-0.25, -0.2) is 0 Å². The van der Waals surface area contributed by atoms with Crippen LogP contribution >= 0.6 is 0 Å². The Morgan fingerprint density at radius 3 is 0.765 bits per heavy atom. The van der Waals surface area contributed by atoms with Gasteiger partial charge in [-0.15, -0.1) is 0 Å². The van der Waals surface area contributed by atoms with Gasteiger partial charge in [0.25, 0.3) is 0 Å². The van der Waals surface area contributed by atoms with Gasteiger partial charge < -0.3 is 255 Å². The van der Waals surface area contributed by atoms with Crippen molar-refractivity contribution in [2.45, 2.75) is 355 Å². The summed E-state index contributed by atoms with van der Waals surface area (Å²) in [5, 5.41) is 302. The van der Waals surface area contributed by atoms with Crippen molar-refractivity contribution in [3.63, 3.8) is 0 Å². The highest BCUT2D eigenvalue weighted by Crippen LogP contribution is 2.42. The molecule has 0 saturated carbocycles. The molecule has 58 nitrogen and oxygen atoms in total. The van der Waals surface area contributed by atoms with Gasteiger partial charge >= 0.3 is 0 Å². The van der Waals surface area contributed by atoms with Crippen LogP contribution in [0.3, 0.4) is 0 Å². The van der Waals surface area contributed by atoms with Gasteiger partial charge in [-0.1, -0.05) is 0 Å². The SMILES string of the molecule is CC(=O)N[C@H]1[C@H](O[C@H]2[C@H](O)[C@@H](NC(C)=O)C(O)O[C@@H]2CO)O[C@H](CO)[C@@H](O[C@@H]2O[C@H](CO[C@H]3O[C@H](CO[C@@H]4O[C@H](CO)[C@@H](O)[C@H](O)[C@H]4NC(C)=O)[C@@H](O[C@@H]4O[C@H](CO)[C@@H](O)[C@H](O)[C@H]4NC(C)=O)[C@H](O)[C@@H]3O[C@@H]3O[C@H](CO)[C@@H](O)[C@H](O)[C@H]3NC(C)=O)[C@@H](O[C@@H]3O[C@H](CO)[C@@H](O)[C@H](O)[C@H]3NC(C)=O)[C@H](O[C@H]3O[C@H](CO)[C@@H](O[C@@H]4O[C@H](CO)[C@@H](O)[C@H](O)[C@H]4NC(C)=O)[C@H](O)[C@@H]3O)[C@@H]2O)[C@@H]1O. The van der Waals surface area contributed by atoms with E-state index in [1.54, 1.807) is 0 Å². The zero-order valence-corrected chi connectivity index (χ0v) is 71.7. The highest BCUT2D eigenvalue weighted by atomic mass is 16.8. The fraction of sp³-hybridized carbons (Fsp3) is 0.905. The summed E-state index contributed by atoms with van der Waals surface area (Å²) in [7, 11) is 0. The number of hydrogen-bond donors (Lipinski definition) is 32. The second kappa shape index (κ2) is 47.9. The van der Waals surface area contributed by atoms with Crippen LogP contribution in [0.5, 0.6) is 0 Å². The summed E-state index contributed by atoms with van der Waals surface area (Å²) < 4.78 is 118. The van der Waals surface area contributed by atoms with Gasteiger partial charge in [0.2, 0.25) is 41.4 Å². The van der Waals surface area contributed by atoms with Gasteiger partial charge in [-0.2, -0.15) is 0 Å². The number of nitrogens with one attached hydrogen (secondary N) is 7. The number of aliphatic hydroxyl groups excluding tert-OH is 25. The Hall–Kier alpha value is -5.47. The van der Waals surface area contributed by atoms with E-state index in [-0.39, 0.29) is 0 Å². The monoisotopic (exact) mass is 1930 g/mol. The summed E-state index contributed by atoms with van der Waals surface area (Å²) in [6.45, 7) is -5.27. The van der Waals surface area contributed by atoms with Crippen LogP contribution in [0.1, 0.15) is 48.5 Å². The van der Waals surface area contributed by atoms with Gasteiger partial charge in [0, 0.05) is 48.5 Å². The standard InChI is InChI=1S/C74H123N7O51/c1-18(90)75-35-52(107)58(30(13-87)116-65(35)113)126-71-41(81-24(7)96)53(108)59(31(14-88)122-71)129-73-57(112)63(131-72-55(110)54(109)60(32(15-89)123-72)127-67-37(77-20(3)92)48(103)43(98)26(9-83)118-67)62(130-69-39(79-22(5)94)50(105)45(100)28(11-85)120-69)34(124-73)17-115-74-64(132-70-40(80-23(6)95)51(106)46(101)29(12-86)121-70)56(111)61(128-68-38(78-21(4)93)49(104)44(99)27(10-84)119-68)33(125-74)16-114-66-36(76-19(2)91)47(102)42(97)25(8-82)117-66/h25-74,82-89,97-113H,8-17H2,1-7H3,(H,75,90)(H,76,91)(H,77,92)(H,78,93)(H,79,94)(H,80,95)(H,81,96)/t25-,26-,27-,28-,29-,30-,31-,32-,33-,34-,35-,36-,37-,38-,39-,40-,41-,42-,43-,44-,45-,46-,47-,48-,49-,50-,51-,52-,53-,54-,55+,56+,57+,58-,59-,60-,61-,62-,63-,64+,65?,66-,67+,68+,69+,70+,71+,72-,73+,74+/m1/s1. The molecule has 32 N–H and O–H groups in total. The minimum Gasteiger partial charge on any atom is -0.394 e. The van der Waals surface area contributed by atoms with Gasteiger partial charge in [0.05, 0.1) is 66.1 Å². The predicted molar refractivity (Wildman–Crippen MR) is 411 cm³/mol. The average Bonchev–Trinajstić information content (AvgIpc) is 0.762. The lowest BCUT2D eigenvalue weighted by Crippen LogP contribution is -2.71. The second-order valence-corrected chi connectivity index (χ2v) is 33.2. The summed E-state index contributed by atoms with van der Waals surface area (Å²) in [6, 6.07) is -13.3. The number of rotatable bonds is 35. The third kappa shape index (κ3) is 24.9. The molecule has 0 aromatic carbocycles. The highest BCUT2D eigenvalue weighted by Gasteiger charge is 2.63. The van der Waals surface area contributed by atoms with Crippen LogP contribution in [0, 0.1) is 0 Å². The van der Waals surface area contributed by atoms with E-state index in [1.807, 2.05) is 0 Å². The maximum Gasteiger partial charge on any atom is 0.217 e. The maximum absolute atomic E-state index is 13.4. The molecule has 760 valence electrons. The molecule has 50 atom stereocenters. The third-order valence-electron chi connectivity index (χ3n) is 23.7. The Labute approximate surface area is 748 Å². The number of amides is 7. The Morgan fingerprint density at radius 1 is 0.197 bits per heavy atom. The van der Waals surface area contributed by atoms with Crippen LogP contribution in [-0.4, -0.2) is 542 Å². The highest BCUT2D eigenvalue weighted by molar-refractivity contribution is 5.75. The van der Waals surface area contributed by atoms with Crippen molar-refractivity contribution in [3.8, 4) is 0 Å². The summed E-state index contributed by atoms with van der Waals surface area (Å²) in [6.07, 6.45) is -94.6. The van der Waals surface area contributed by atoms with Crippen LogP contribution in [0.2, 0.25) is 0 Å². The maximum atomic E-state index is 13.4. The predicted octanol–water partition coefficient (Wildman–Crippen LogP) is -21.8. The number of ether oxygens (including phenoxy) is 19. The molecule has 10 fully saturated rings. The summed E-state index contributed by atoms with van der Waals surface area (Å²) in [5.41, 5.74) is 0. The zero-order chi connectivity index (χ0) is 97.4. The Bertz CT molecular complexity index is 3700. The van der Waals surface area contributed by atoms with Crippen LogP contribution in [0.25, 0.3) is 0 Å². The summed E-state index contributed by atoms with van der Waals surface area (Å²) >= 11 is 0. The lowest BCUT2D eigenvalue weighted by Gasteiger charge is -2.52. The molecule has 10 rings (SSSR count). The van der Waals surface area contributed by atoms with Gasteiger partial charge in [0.15, 0.2) is 62.9 Å². The van der Waals surface area contributed by atoms with Crippen molar-refractivity contribution in [2.75, 3.05) is 66.1 Å². The van der Waals surface area contributed by atoms with E-state index in [4.69, 9.17) is 90.0 Å². The van der Waals surface area contributed by atoms with Crippen LogP contribution < -0.4 is 37.2 Å². The molecule has 0 radical (unpaired) electrons. The first-order valence-corrected chi connectivity index (χ1v) is 42.1. The van der Waals surface area contributed by atoms with Crippen molar-refractivity contribution in [3.05, 3.63) is 0 Å². The normalized spacial score (nSPS) is 46.7. The van der Waals surface area contributed by atoms with Crippen molar-refractivity contribution >= 4 is 41.4 Å². The summed E-state index contributed by atoms with van der Waals surface area (Å²) in [4.78, 5) is 90.4. The molecule has 10 aliphatic rings. The number of carbonyl (C=O) groups excluding carboxylic acids is 7. The van der Waals surface area contributed by atoms with E-state index in [2.05, 4.69) is 37.2 Å². The zero-order valence-electron chi connectivity index (χ0n) is 71.7. The molecule has 0 aliphatic carbocycles. The molecule has 0 bridgehead atoms. The quantitative estimate of drug-likeness (QED) is 0.0280. The lowest BCUT2D eigenvalue weighted by atomic mass is 9.93. The molecule has 7 amide bonds. The molecule has 10 heterocycles. The van der Waals surface area contributed by atoms with Gasteiger partial charge in [-0.05, 0) is 0 Å². The summed E-state index contributed by atoms with van der Waals surface area (Å²) in [5.74, 6) is -6.58. The fourth-order valence-corrected chi connectivity index (χ4v) is 17.1. The molecule has 1 unspecified atom stereocenters. The van der Waals surface area contributed by atoms with E-state index < -0.39 is 414 Å². The minimum absolute atomic E-state index is 0.831. The van der Waals surface area contributed by atoms with Crippen LogP contribution in [0.15, 0.2) is 0 Å². The van der Waals surface area contributed by atoms with Gasteiger partial charge in [0.1, 0.15) is 244 Å². The molecule has 0 aromatic rings. The molecule has 132 heavy (non-hydrogen) atoms. The molecular formula is C74H123N7O51. The van der Waals surface area contributed by atoms with Gasteiger partial charge in [-0.3, -0.25) is 33.6 Å². The van der Waals surface area contributed by atoms with Crippen molar-refractivity contribution < 1.29 is 251 Å². The van der Waals surface area contributed by atoms with E-state index in [0.29, 0.717) is 0 Å². The van der Waals surface area contributed by atoms with Crippen molar-refractivity contribution in [2.24, 2.45) is 0 Å². The number of hydrogen-bond acceptors (Lipinski definition) is 51. The Kier molecular flexibility index (Phi) is 39.4. The molecule has 10 saturated heterocycles. The first kappa shape index (κ1) is 109. The first-order valence-electron chi connectivity index (χ1n) is 42.1. The van der Waals surface area contributed by atoms with Crippen LogP contribution in [0.4, 0.5) is 0 Å². The van der Waals surface area contributed by atoms with Crippen molar-refractivity contribution in [1.29, 1.82) is 0 Å².